The van der Waals surface area contributed by atoms with Crippen LogP contribution < -0.4 is 5.32 Å². The Hall–Kier alpha value is -1.55. The van der Waals surface area contributed by atoms with Crippen molar-refractivity contribution in [2.45, 2.75) is 52.2 Å². The molecular formula is C16H25NO3. The second-order valence-electron chi connectivity index (χ2n) is 5.86. The number of ether oxygens (including phenoxy) is 1. The van der Waals surface area contributed by atoms with E-state index < -0.39 is 5.60 Å². The van der Waals surface area contributed by atoms with E-state index in [1.807, 2.05) is 45.0 Å². The monoisotopic (exact) mass is 279 g/mol. The third-order valence-electron chi connectivity index (χ3n) is 2.77. The van der Waals surface area contributed by atoms with E-state index in [4.69, 9.17) is 9.84 Å². The summed E-state index contributed by atoms with van der Waals surface area (Å²) in [5.74, 6) is 0. The van der Waals surface area contributed by atoms with Gasteiger partial charge in [0.15, 0.2) is 0 Å². The van der Waals surface area contributed by atoms with Gasteiger partial charge in [0, 0.05) is 6.54 Å². The molecular weight excluding hydrogens is 254 g/mol. The Kier molecular flexibility index (Phi) is 6.52. The van der Waals surface area contributed by atoms with E-state index in [9.17, 15) is 4.79 Å². The minimum Gasteiger partial charge on any atom is -0.444 e. The van der Waals surface area contributed by atoms with E-state index in [2.05, 4.69) is 5.32 Å². The molecule has 0 heterocycles. The van der Waals surface area contributed by atoms with Crippen LogP contribution >= 0.6 is 0 Å². The lowest BCUT2D eigenvalue weighted by molar-refractivity contribution is 0.0527. The van der Waals surface area contributed by atoms with Crippen molar-refractivity contribution in [1.82, 2.24) is 5.32 Å². The summed E-state index contributed by atoms with van der Waals surface area (Å²) in [4.78, 5) is 11.4. The fraction of sp³-hybridized carbons (Fsp3) is 0.562. The third kappa shape index (κ3) is 7.14. The van der Waals surface area contributed by atoms with Crippen LogP contribution in [0.5, 0.6) is 0 Å². The van der Waals surface area contributed by atoms with Crippen LogP contribution in [0.4, 0.5) is 4.79 Å². The van der Waals surface area contributed by atoms with Gasteiger partial charge in [-0.2, -0.15) is 0 Å². The topological polar surface area (TPSA) is 58.6 Å². The van der Waals surface area contributed by atoms with E-state index in [0.29, 0.717) is 6.54 Å². The van der Waals surface area contributed by atoms with Crippen molar-refractivity contribution in [2.75, 3.05) is 6.54 Å². The van der Waals surface area contributed by atoms with Crippen molar-refractivity contribution in [1.29, 1.82) is 0 Å². The van der Waals surface area contributed by atoms with Crippen LogP contribution in [0.3, 0.4) is 0 Å². The van der Waals surface area contributed by atoms with Crippen LogP contribution in [-0.4, -0.2) is 23.3 Å². The molecule has 0 aliphatic carbocycles. The Bertz CT molecular complexity index is 407. The van der Waals surface area contributed by atoms with E-state index in [0.717, 1.165) is 24.8 Å². The second kappa shape index (κ2) is 7.90. The maximum Gasteiger partial charge on any atom is 0.407 e. The summed E-state index contributed by atoms with van der Waals surface area (Å²) in [7, 11) is 0. The second-order valence-corrected chi connectivity index (χ2v) is 5.86. The van der Waals surface area contributed by atoms with Crippen LogP contribution in [0.2, 0.25) is 0 Å². The molecule has 1 aromatic carbocycles. The van der Waals surface area contributed by atoms with Gasteiger partial charge in [0.05, 0.1) is 6.61 Å². The van der Waals surface area contributed by atoms with E-state index in [1.54, 1.807) is 0 Å². The van der Waals surface area contributed by atoms with Crippen LogP contribution in [0.15, 0.2) is 24.3 Å². The van der Waals surface area contributed by atoms with Crippen LogP contribution in [0, 0.1) is 0 Å². The van der Waals surface area contributed by atoms with Crippen molar-refractivity contribution >= 4 is 6.09 Å². The molecule has 0 radical (unpaired) electrons. The predicted octanol–water partition coefficient (Wildman–Crippen LogP) is 3.03. The first-order valence-corrected chi connectivity index (χ1v) is 7.06. The summed E-state index contributed by atoms with van der Waals surface area (Å²) in [6.45, 7) is 6.26. The van der Waals surface area contributed by atoms with Gasteiger partial charge in [-0.15, -0.1) is 0 Å². The number of aliphatic hydroxyl groups is 1. The largest absolute Gasteiger partial charge is 0.444 e. The van der Waals surface area contributed by atoms with Crippen molar-refractivity contribution in [3.05, 3.63) is 35.4 Å². The first-order chi connectivity index (χ1) is 9.40. The number of aliphatic hydroxyl groups excluding tert-OH is 1. The maximum absolute atomic E-state index is 11.4. The smallest absolute Gasteiger partial charge is 0.407 e. The predicted molar refractivity (Wildman–Crippen MR) is 79.5 cm³/mol. The summed E-state index contributed by atoms with van der Waals surface area (Å²) in [5.41, 5.74) is 1.73. The van der Waals surface area contributed by atoms with Crippen LogP contribution in [0.1, 0.15) is 44.7 Å². The number of benzene rings is 1. The van der Waals surface area contributed by atoms with Gasteiger partial charge in [0.1, 0.15) is 5.60 Å². The summed E-state index contributed by atoms with van der Waals surface area (Å²) in [6, 6.07) is 7.95. The standard InChI is InChI=1S/C16H25NO3/c1-16(2,3)20-15(19)17-11-5-4-6-13-7-9-14(12-18)10-8-13/h7-10,18H,4-6,11-12H2,1-3H3,(H,17,19). The summed E-state index contributed by atoms with van der Waals surface area (Å²) in [6.07, 6.45) is 2.54. The Morgan fingerprint density at radius 2 is 1.75 bits per heavy atom. The highest BCUT2D eigenvalue weighted by Gasteiger charge is 2.15. The first-order valence-electron chi connectivity index (χ1n) is 7.06. The van der Waals surface area contributed by atoms with Crippen LogP contribution in [-0.2, 0) is 17.8 Å². The quantitative estimate of drug-likeness (QED) is 0.787. The lowest BCUT2D eigenvalue weighted by Crippen LogP contribution is -2.33. The van der Waals surface area contributed by atoms with Gasteiger partial charge in [0.25, 0.3) is 0 Å². The molecule has 0 spiro atoms. The molecule has 0 fully saturated rings. The summed E-state index contributed by atoms with van der Waals surface area (Å²) < 4.78 is 5.15. The number of carbonyl (C=O) groups is 1. The minimum absolute atomic E-state index is 0.0834. The molecule has 0 aliphatic heterocycles. The number of unbranched alkanes of at least 4 members (excludes halogenated alkanes) is 1. The molecule has 1 rings (SSSR count). The van der Waals surface area contributed by atoms with Gasteiger partial charge >= 0.3 is 6.09 Å². The molecule has 0 unspecified atom stereocenters. The van der Waals surface area contributed by atoms with Gasteiger partial charge in [-0.05, 0) is 51.2 Å². The molecule has 2 N–H and O–H groups in total. The van der Waals surface area contributed by atoms with Gasteiger partial charge < -0.3 is 15.2 Å². The van der Waals surface area contributed by atoms with Gasteiger partial charge in [0.2, 0.25) is 0 Å². The van der Waals surface area contributed by atoms with Crippen molar-refractivity contribution in [2.24, 2.45) is 0 Å². The summed E-state index contributed by atoms with van der Waals surface area (Å²) in [5, 5.41) is 11.7. The normalized spacial score (nSPS) is 11.2. The molecule has 1 aromatic rings. The zero-order chi connectivity index (χ0) is 15.0. The average Bonchev–Trinajstić information content (AvgIpc) is 2.37. The number of rotatable bonds is 6. The van der Waals surface area contributed by atoms with Crippen molar-refractivity contribution in [3.8, 4) is 0 Å². The molecule has 0 aliphatic rings. The third-order valence-corrected chi connectivity index (χ3v) is 2.77. The van der Waals surface area contributed by atoms with Gasteiger partial charge in [-0.3, -0.25) is 0 Å². The van der Waals surface area contributed by atoms with E-state index in [1.165, 1.54) is 5.56 Å². The Morgan fingerprint density at radius 1 is 1.15 bits per heavy atom. The number of nitrogens with one attached hydrogen (secondary N) is 1. The molecule has 4 nitrogen and oxygen atoms in total. The Morgan fingerprint density at radius 3 is 2.30 bits per heavy atom. The number of alkyl carbamates (subject to hydrolysis) is 1. The molecule has 4 heteroatoms. The molecule has 0 saturated heterocycles. The van der Waals surface area contributed by atoms with E-state index >= 15 is 0 Å². The average molecular weight is 279 g/mol. The fourth-order valence-corrected chi connectivity index (χ4v) is 1.77. The van der Waals surface area contributed by atoms with Crippen molar-refractivity contribution < 1.29 is 14.6 Å². The van der Waals surface area contributed by atoms with Crippen LogP contribution in [0.25, 0.3) is 0 Å². The Labute approximate surface area is 121 Å². The maximum atomic E-state index is 11.4. The highest BCUT2D eigenvalue weighted by molar-refractivity contribution is 5.67. The highest BCUT2D eigenvalue weighted by atomic mass is 16.6. The number of amides is 1. The molecule has 20 heavy (non-hydrogen) atoms. The molecule has 1 amide bonds. The molecule has 112 valence electrons. The van der Waals surface area contributed by atoms with E-state index in [-0.39, 0.29) is 12.7 Å². The molecule has 0 atom stereocenters. The SMILES string of the molecule is CC(C)(C)OC(=O)NCCCCc1ccc(CO)cc1. The van der Waals surface area contributed by atoms with Gasteiger partial charge in [-0.25, -0.2) is 4.79 Å². The lowest BCUT2D eigenvalue weighted by atomic mass is 10.1. The molecule has 0 bridgehead atoms. The number of hydrogen-bond donors (Lipinski definition) is 2. The zero-order valence-corrected chi connectivity index (χ0v) is 12.6. The summed E-state index contributed by atoms with van der Waals surface area (Å²) >= 11 is 0. The zero-order valence-electron chi connectivity index (χ0n) is 12.6. The number of hydrogen-bond acceptors (Lipinski definition) is 3. The Balaban J connectivity index is 2.14. The number of aryl methyl sites for hydroxylation is 1. The lowest BCUT2D eigenvalue weighted by Gasteiger charge is -2.19. The molecule has 0 saturated carbocycles. The van der Waals surface area contributed by atoms with Gasteiger partial charge in [-0.1, -0.05) is 24.3 Å². The first kappa shape index (κ1) is 16.5. The molecule has 0 aromatic heterocycles. The van der Waals surface area contributed by atoms with Crippen molar-refractivity contribution in [3.63, 3.8) is 0 Å². The minimum atomic E-state index is -0.446. The number of carbonyl (C=O) groups excluding carboxylic acids is 1. The highest BCUT2D eigenvalue weighted by Crippen LogP contribution is 2.08. The fourth-order valence-electron chi connectivity index (χ4n) is 1.77.